The van der Waals surface area contributed by atoms with E-state index in [4.69, 9.17) is 14.2 Å². The molecule has 3 aromatic rings. The van der Waals surface area contributed by atoms with Gasteiger partial charge in [0.15, 0.2) is 0 Å². The largest absolute Gasteiger partial charge is 0.447 e. The molecule has 0 saturated heterocycles. The lowest BCUT2D eigenvalue weighted by atomic mass is 10.1. The highest BCUT2D eigenvalue weighted by atomic mass is 19.1. The number of carbonyl (C=O) groups is 3. The van der Waals surface area contributed by atoms with Crippen LogP contribution in [0.25, 0.3) is 10.8 Å². The van der Waals surface area contributed by atoms with Crippen LogP contribution in [0.15, 0.2) is 43.0 Å². The molecule has 11 nitrogen and oxygen atoms in total. The third-order valence-electron chi connectivity index (χ3n) is 6.31. The molecule has 2 aromatic heterocycles. The van der Waals surface area contributed by atoms with Crippen LogP contribution in [0.1, 0.15) is 59.6 Å². The average Bonchev–Trinajstić information content (AvgIpc) is 3.35. The standard InChI is InChI=1S/C28H34FN5O6/c1-26(2,3)39-24(36)33(7)28(12-20(28)21-14-34(16-31-21)25(37)40-27(4,5)6)15-38-23(35)32-22-11-18-10-19(29)9-8-17(18)13-30-22/h8-11,13-14,16,20H,12,15H2,1-7H3,(H,30,32,35)/t20-,28?/m0/s1. The van der Waals surface area contributed by atoms with Crippen LogP contribution in [0.3, 0.4) is 0 Å². The fourth-order valence-corrected chi connectivity index (χ4v) is 4.26. The smallest absolute Gasteiger partial charge is 0.419 e. The first-order valence-corrected chi connectivity index (χ1v) is 12.8. The summed E-state index contributed by atoms with van der Waals surface area (Å²) in [6, 6.07) is 5.79. The zero-order valence-corrected chi connectivity index (χ0v) is 23.6. The molecule has 2 heterocycles. The van der Waals surface area contributed by atoms with Gasteiger partial charge < -0.3 is 19.1 Å². The quantitative estimate of drug-likeness (QED) is 0.398. The second-order valence-corrected chi connectivity index (χ2v) is 11.8. The molecular formula is C28H34FN5O6. The number of imidazole rings is 1. The van der Waals surface area contributed by atoms with Crippen molar-refractivity contribution in [2.24, 2.45) is 0 Å². The number of halogens is 1. The zero-order valence-electron chi connectivity index (χ0n) is 23.6. The van der Waals surface area contributed by atoms with Crippen LogP contribution >= 0.6 is 0 Å². The van der Waals surface area contributed by atoms with Crippen molar-refractivity contribution in [2.75, 3.05) is 19.0 Å². The van der Waals surface area contributed by atoms with Crippen LogP contribution in [0.5, 0.6) is 0 Å². The summed E-state index contributed by atoms with van der Waals surface area (Å²) in [5.41, 5.74) is -1.86. The molecule has 214 valence electrons. The highest BCUT2D eigenvalue weighted by Crippen LogP contribution is 2.55. The summed E-state index contributed by atoms with van der Waals surface area (Å²) >= 11 is 0. The van der Waals surface area contributed by atoms with E-state index in [-0.39, 0.29) is 18.3 Å². The predicted octanol–water partition coefficient (Wildman–Crippen LogP) is 5.70. The number of pyridine rings is 1. The van der Waals surface area contributed by atoms with E-state index in [2.05, 4.69) is 15.3 Å². The zero-order chi connectivity index (χ0) is 29.5. The van der Waals surface area contributed by atoms with Gasteiger partial charge in [-0.1, -0.05) is 0 Å². The molecule has 2 atom stereocenters. The Labute approximate surface area is 231 Å². The minimum Gasteiger partial charge on any atom is -0.447 e. The van der Waals surface area contributed by atoms with Crippen LogP contribution in [0.4, 0.5) is 24.6 Å². The molecule has 4 rings (SSSR count). The van der Waals surface area contributed by atoms with Crippen molar-refractivity contribution in [3.05, 3.63) is 54.5 Å². The van der Waals surface area contributed by atoms with Gasteiger partial charge in [0.05, 0.1) is 11.2 Å². The van der Waals surface area contributed by atoms with Gasteiger partial charge in [0, 0.05) is 30.7 Å². The SMILES string of the molecule is CN(C(=O)OC(C)(C)C)C1(COC(=O)Nc2cc3cc(F)ccc3cn2)C[C@H]1c1cn(C(=O)OC(C)(C)C)cn1. The van der Waals surface area contributed by atoms with Crippen molar-refractivity contribution < 1.29 is 33.0 Å². The molecule has 1 aromatic carbocycles. The number of carbonyl (C=O) groups excluding carboxylic acids is 3. The van der Waals surface area contributed by atoms with Gasteiger partial charge in [0.2, 0.25) is 0 Å². The third kappa shape index (κ3) is 6.67. The van der Waals surface area contributed by atoms with Crippen molar-refractivity contribution >= 4 is 34.9 Å². The first kappa shape index (κ1) is 28.8. The molecule has 0 bridgehead atoms. The molecule has 1 unspecified atom stereocenters. The Bertz CT molecular complexity index is 1440. The van der Waals surface area contributed by atoms with Crippen molar-refractivity contribution in [2.45, 2.75) is 70.6 Å². The number of nitrogens with zero attached hydrogens (tertiary/aromatic N) is 4. The average molecular weight is 556 g/mol. The minimum atomic E-state index is -0.966. The lowest BCUT2D eigenvalue weighted by Gasteiger charge is -2.31. The van der Waals surface area contributed by atoms with Crippen LogP contribution < -0.4 is 5.32 Å². The monoisotopic (exact) mass is 555 g/mol. The Kier molecular flexibility index (Phi) is 7.48. The van der Waals surface area contributed by atoms with Gasteiger partial charge in [-0.15, -0.1) is 0 Å². The Morgan fingerprint density at radius 3 is 2.45 bits per heavy atom. The summed E-state index contributed by atoms with van der Waals surface area (Å²) in [5, 5.41) is 3.82. The number of nitrogens with one attached hydrogen (secondary N) is 1. The molecule has 1 aliphatic rings. The molecular weight excluding hydrogens is 521 g/mol. The minimum absolute atomic E-state index is 0.180. The lowest BCUT2D eigenvalue weighted by Crippen LogP contribution is -2.46. The number of amides is 2. The van der Waals surface area contributed by atoms with Crippen LogP contribution in [-0.2, 0) is 14.2 Å². The second kappa shape index (κ2) is 10.4. The van der Waals surface area contributed by atoms with Crippen LogP contribution in [0, 0.1) is 5.82 Å². The van der Waals surface area contributed by atoms with Gasteiger partial charge in [-0.2, -0.15) is 0 Å². The normalized spacial score (nSPS) is 18.6. The maximum absolute atomic E-state index is 13.6. The van der Waals surface area contributed by atoms with Gasteiger partial charge in [0.25, 0.3) is 0 Å². The number of fused-ring (bicyclic) bond motifs is 1. The Balaban J connectivity index is 1.50. The van der Waals surface area contributed by atoms with Gasteiger partial charge in [-0.3, -0.25) is 5.32 Å². The number of likely N-dealkylation sites (N-methyl/N-ethyl adjacent to an activating group) is 1. The molecule has 2 amide bonds. The molecule has 40 heavy (non-hydrogen) atoms. The summed E-state index contributed by atoms with van der Waals surface area (Å²) in [6.45, 7) is 10.4. The van der Waals surface area contributed by atoms with Crippen molar-refractivity contribution in [3.8, 4) is 0 Å². The van der Waals surface area contributed by atoms with E-state index in [0.717, 1.165) is 0 Å². The first-order chi connectivity index (χ1) is 18.6. The molecule has 0 aliphatic heterocycles. The van der Waals surface area contributed by atoms with E-state index in [0.29, 0.717) is 22.9 Å². The predicted molar refractivity (Wildman–Crippen MR) is 145 cm³/mol. The molecule has 1 saturated carbocycles. The van der Waals surface area contributed by atoms with E-state index in [9.17, 15) is 18.8 Å². The number of benzene rings is 1. The van der Waals surface area contributed by atoms with Crippen LogP contribution in [-0.4, -0.2) is 68.1 Å². The summed E-state index contributed by atoms with van der Waals surface area (Å²) < 4.78 is 31.3. The molecule has 1 N–H and O–H groups in total. The number of aromatic nitrogens is 3. The summed E-state index contributed by atoms with van der Waals surface area (Å²) in [6.07, 6.45) is 2.84. The van der Waals surface area contributed by atoms with Crippen molar-refractivity contribution in [1.29, 1.82) is 0 Å². The molecule has 0 radical (unpaired) electrons. The van der Waals surface area contributed by atoms with E-state index in [1.165, 1.54) is 40.2 Å². The third-order valence-corrected chi connectivity index (χ3v) is 6.31. The Hall–Kier alpha value is -4.22. The van der Waals surface area contributed by atoms with E-state index in [1.807, 2.05) is 0 Å². The maximum atomic E-state index is 13.6. The highest BCUT2D eigenvalue weighted by molar-refractivity contribution is 5.89. The molecule has 0 spiro atoms. The fraction of sp³-hybridized carbons (Fsp3) is 0.464. The van der Waals surface area contributed by atoms with Crippen LogP contribution in [0.2, 0.25) is 0 Å². The number of rotatable bonds is 5. The lowest BCUT2D eigenvalue weighted by molar-refractivity contribution is 0.00979. The fourth-order valence-electron chi connectivity index (χ4n) is 4.26. The topological polar surface area (TPSA) is 125 Å². The first-order valence-electron chi connectivity index (χ1n) is 12.8. The summed E-state index contributed by atoms with van der Waals surface area (Å²) in [4.78, 5) is 48.1. The summed E-state index contributed by atoms with van der Waals surface area (Å²) in [5.74, 6) is -0.572. The number of anilines is 1. The molecule has 12 heteroatoms. The second-order valence-electron chi connectivity index (χ2n) is 11.8. The number of ether oxygens (including phenoxy) is 3. The highest BCUT2D eigenvalue weighted by Gasteiger charge is 2.62. The molecule has 1 fully saturated rings. The molecule has 1 aliphatic carbocycles. The summed E-state index contributed by atoms with van der Waals surface area (Å²) in [7, 11) is 1.57. The number of hydrogen-bond donors (Lipinski definition) is 1. The van der Waals surface area contributed by atoms with Gasteiger partial charge >= 0.3 is 18.3 Å². The van der Waals surface area contributed by atoms with Gasteiger partial charge in [-0.05, 0) is 77.6 Å². The van der Waals surface area contributed by atoms with E-state index >= 15 is 0 Å². The van der Waals surface area contributed by atoms with Gasteiger partial charge in [-0.25, -0.2) is 33.3 Å². The van der Waals surface area contributed by atoms with Crippen molar-refractivity contribution in [3.63, 3.8) is 0 Å². The number of hydrogen-bond acceptors (Lipinski definition) is 8. The van der Waals surface area contributed by atoms with Gasteiger partial charge in [0.1, 0.15) is 35.8 Å². The Morgan fingerprint density at radius 2 is 1.77 bits per heavy atom. The Morgan fingerprint density at radius 1 is 1.07 bits per heavy atom. The van der Waals surface area contributed by atoms with Crippen molar-refractivity contribution in [1.82, 2.24) is 19.4 Å². The van der Waals surface area contributed by atoms with E-state index in [1.54, 1.807) is 60.9 Å². The maximum Gasteiger partial charge on any atom is 0.419 e. The van der Waals surface area contributed by atoms with E-state index < -0.39 is 40.8 Å².